The highest BCUT2D eigenvalue weighted by Crippen LogP contribution is 2.57. The van der Waals surface area contributed by atoms with Crippen molar-refractivity contribution < 1.29 is 0 Å². The van der Waals surface area contributed by atoms with Crippen molar-refractivity contribution in [3.8, 4) is 33.4 Å². The van der Waals surface area contributed by atoms with Gasteiger partial charge in [-0.1, -0.05) is 103 Å². The van der Waals surface area contributed by atoms with E-state index in [1.165, 1.54) is 76.6 Å². The second-order valence-electron chi connectivity index (χ2n) is 9.90. The minimum absolute atomic E-state index is 0.171. The molecule has 2 aliphatic carbocycles. The van der Waals surface area contributed by atoms with Crippen LogP contribution in [0.15, 0.2) is 84.9 Å². The standard InChI is InChI=1S/C32H30/c1-22-6-10-24(11-7-22)26-14-16-28-29-17-15-27(25-12-8-23(2)9-13-25)21-31(29)32(30(28)20-26)18-4-3-5-19-32/h6-17,20-21H,3-5,18-19H2,1-2H3. The number of hydrogen-bond acceptors (Lipinski definition) is 0. The third-order valence-corrected chi connectivity index (χ3v) is 7.84. The fourth-order valence-electron chi connectivity index (χ4n) is 6.04. The summed E-state index contributed by atoms with van der Waals surface area (Å²) in [6, 6.07) is 32.4. The number of aryl methyl sites for hydroxylation is 2. The highest BCUT2D eigenvalue weighted by atomic mass is 14.5. The first-order chi connectivity index (χ1) is 15.6. The summed E-state index contributed by atoms with van der Waals surface area (Å²) in [5, 5.41) is 0. The van der Waals surface area contributed by atoms with Gasteiger partial charge in [0.15, 0.2) is 0 Å². The van der Waals surface area contributed by atoms with Gasteiger partial charge in [-0.05, 0) is 83.3 Å². The Morgan fingerprint density at radius 3 is 1.31 bits per heavy atom. The monoisotopic (exact) mass is 414 g/mol. The van der Waals surface area contributed by atoms with Crippen LogP contribution >= 0.6 is 0 Å². The van der Waals surface area contributed by atoms with E-state index in [-0.39, 0.29) is 5.41 Å². The van der Waals surface area contributed by atoms with E-state index in [2.05, 4.69) is 98.8 Å². The Hall–Kier alpha value is -3.12. The molecule has 2 aliphatic rings. The van der Waals surface area contributed by atoms with Crippen LogP contribution in [-0.2, 0) is 5.41 Å². The molecule has 0 atom stereocenters. The van der Waals surface area contributed by atoms with Crippen molar-refractivity contribution in [3.05, 3.63) is 107 Å². The molecular weight excluding hydrogens is 384 g/mol. The van der Waals surface area contributed by atoms with Crippen LogP contribution in [0.3, 0.4) is 0 Å². The normalized spacial score (nSPS) is 16.1. The molecule has 0 heterocycles. The first-order valence-electron chi connectivity index (χ1n) is 12.1. The zero-order chi connectivity index (χ0) is 21.7. The third kappa shape index (κ3) is 3.05. The zero-order valence-corrected chi connectivity index (χ0v) is 19.1. The van der Waals surface area contributed by atoms with Gasteiger partial charge in [0.1, 0.15) is 0 Å². The van der Waals surface area contributed by atoms with Gasteiger partial charge in [0, 0.05) is 5.41 Å². The van der Waals surface area contributed by atoms with Gasteiger partial charge in [-0.3, -0.25) is 0 Å². The maximum Gasteiger partial charge on any atom is 0.0215 e. The van der Waals surface area contributed by atoms with E-state index in [0.717, 1.165) is 0 Å². The molecule has 0 unspecified atom stereocenters. The summed E-state index contributed by atoms with van der Waals surface area (Å²) in [4.78, 5) is 0. The molecule has 0 bridgehead atoms. The fourth-order valence-corrected chi connectivity index (χ4v) is 6.04. The maximum atomic E-state index is 2.51. The molecule has 32 heavy (non-hydrogen) atoms. The summed E-state index contributed by atoms with van der Waals surface area (Å²) >= 11 is 0. The molecule has 4 aromatic carbocycles. The lowest BCUT2D eigenvalue weighted by molar-refractivity contribution is 0.353. The highest BCUT2D eigenvalue weighted by molar-refractivity contribution is 5.86. The second-order valence-corrected chi connectivity index (χ2v) is 9.90. The quantitative estimate of drug-likeness (QED) is 0.307. The minimum atomic E-state index is 0.171. The van der Waals surface area contributed by atoms with Crippen LogP contribution < -0.4 is 0 Å². The Morgan fingerprint density at radius 2 is 0.875 bits per heavy atom. The third-order valence-electron chi connectivity index (χ3n) is 7.84. The van der Waals surface area contributed by atoms with Gasteiger partial charge in [-0.25, -0.2) is 0 Å². The SMILES string of the molecule is Cc1ccc(-c2ccc3c(c2)C2(CCCCC2)c2cc(-c4ccc(C)cc4)ccc2-3)cc1. The fraction of sp³-hybridized carbons (Fsp3) is 0.250. The van der Waals surface area contributed by atoms with Crippen molar-refractivity contribution in [1.82, 2.24) is 0 Å². The molecule has 0 nitrogen and oxygen atoms in total. The van der Waals surface area contributed by atoms with E-state index in [4.69, 9.17) is 0 Å². The van der Waals surface area contributed by atoms with Crippen molar-refractivity contribution in [2.45, 2.75) is 51.4 Å². The topological polar surface area (TPSA) is 0 Å². The van der Waals surface area contributed by atoms with Crippen LogP contribution in [0.1, 0.15) is 54.4 Å². The molecule has 158 valence electrons. The van der Waals surface area contributed by atoms with Gasteiger partial charge >= 0.3 is 0 Å². The molecule has 0 aliphatic heterocycles. The van der Waals surface area contributed by atoms with Gasteiger partial charge in [0.25, 0.3) is 0 Å². The summed E-state index contributed by atoms with van der Waals surface area (Å²) < 4.78 is 0. The van der Waals surface area contributed by atoms with E-state index in [9.17, 15) is 0 Å². The Kier molecular flexibility index (Phi) is 4.57. The highest BCUT2D eigenvalue weighted by Gasteiger charge is 2.43. The molecule has 1 spiro atoms. The first kappa shape index (κ1) is 19.6. The van der Waals surface area contributed by atoms with Gasteiger partial charge < -0.3 is 0 Å². The molecule has 0 N–H and O–H groups in total. The predicted octanol–water partition coefficient (Wildman–Crippen LogP) is 8.87. The summed E-state index contributed by atoms with van der Waals surface area (Å²) in [5.74, 6) is 0. The van der Waals surface area contributed by atoms with E-state index >= 15 is 0 Å². The average molecular weight is 415 g/mol. The summed E-state index contributed by atoms with van der Waals surface area (Å²) in [6.07, 6.45) is 6.54. The lowest BCUT2D eigenvalue weighted by atomic mass is 9.67. The van der Waals surface area contributed by atoms with Gasteiger partial charge in [-0.2, -0.15) is 0 Å². The number of rotatable bonds is 2. The Bertz CT molecular complexity index is 1190. The molecule has 4 aromatic rings. The van der Waals surface area contributed by atoms with Crippen LogP contribution in [0.25, 0.3) is 33.4 Å². The van der Waals surface area contributed by atoms with E-state index in [1.807, 2.05) is 0 Å². The minimum Gasteiger partial charge on any atom is -0.0587 e. The molecule has 6 rings (SSSR count). The van der Waals surface area contributed by atoms with E-state index in [0.29, 0.717) is 0 Å². The molecular formula is C32H30. The lowest BCUT2D eigenvalue weighted by Gasteiger charge is -2.36. The van der Waals surface area contributed by atoms with Gasteiger partial charge in [0.2, 0.25) is 0 Å². The van der Waals surface area contributed by atoms with Crippen LogP contribution in [-0.4, -0.2) is 0 Å². The largest absolute Gasteiger partial charge is 0.0587 e. The zero-order valence-electron chi connectivity index (χ0n) is 19.1. The lowest BCUT2D eigenvalue weighted by Crippen LogP contribution is -2.28. The molecule has 0 heteroatoms. The maximum absolute atomic E-state index is 2.51. The Labute approximate surface area is 192 Å². The summed E-state index contributed by atoms with van der Waals surface area (Å²) in [5.41, 5.74) is 14.2. The van der Waals surface area contributed by atoms with Crippen molar-refractivity contribution in [2.24, 2.45) is 0 Å². The summed E-state index contributed by atoms with van der Waals surface area (Å²) in [7, 11) is 0. The molecule has 0 radical (unpaired) electrons. The van der Waals surface area contributed by atoms with Crippen LogP contribution in [0.5, 0.6) is 0 Å². The van der Waals surface area contributed by atoms with Crippen molar-refractivity contribution in [3.63, 3.8) is 0 Å². The van der Waals surface area contributed by atoms with Gasteiger partial charge in [-0.15, -0.1) is 0 Å². The molecule has 0 amide bonds. The molecule has 1 saturated carbocycles. The average Bonchev–Trinajstić information content (AvgIpc) is 3.09. The Balaban J connectivity index is 1.51. The number of benzene rings is 4. The van der Waals surface area contributed by atoms with Crippen LogP contribution in [0, 0.1) is 13.8 Å². The van der Waals surface area contributed by atoms with Gasteiger partial charge in [0.05, 0.1) is 0 Å². The molecule has 0 aromatic heterocycles. The van der Waals surface area contributed by atoms with Crippen LogP contribution in [0.2, 0.25) is 0 Å². The summed E-state index contributed by atoms with van der Waals surface area (Å²) in [6.45, 7) is 4.32. The van der Waals surface area contributed by atoms with Crippen LogP contribution in [0.4, 0.5) is 0 Å². The first-order valence-corrected chi connectivity index (χ1v) is 12.1. The number of hydrogen-bond donors (Lipinski definition) is 0. The Morgan fingerprint density at radius 1 is 0.469 bits per heavy atom. The number of fused-ring (bicyclic) bond motifs is 5. The van der Waals surface area contributed by atoms with E-state index in [1.54, 1.807) is 11.1 Å². The van der Waals surface area contributed by atoms with Crippen molar-refractivity contribution >= 4 is 0 Å². The van der Waals surface area contributed by atoms with Crippen molar-refractivity contribution in [1.29, 1.82) is 0 Å². The smallest absolute Gasteiger partial charge is 0.0215 e. The van der Waals surface area contributed by atoms with E-state index < -0.39 is 0 Å². The second kappa shape index (κ2) is 7.48. The molecule has 1 fully saturated rings. The van der Waals surface area contributed by atoms with Crippen molar-refractivity contribution in [2.75, 3.05) is 0 Å². The predicted molar refractivity (Wildman–Crippen MR) is 136 cm³/mol. The molecule has 0 saturated heterocycles.